The molecule has 5 nitrogen and oxygen atoms in total. The fourth-order valence-electron chi connectivity index (χ4n) is 3.32. The summed E-state index contributed by atoms with van der Waals surface area (Å²) in [6.45, 7) is 9.43. The van der Waals surface area contributed by atoms with Gasteiger partial charge in [-0.2, -0.15) is 5.10 Å². The van der Waals surface area contributed by atoms with Gasteiger partial charge >= 0.3 is 0 Å². The topological polar surface area (TPSA) is 41.4 Å². The highest BCUT2D eigenvalue weighted by molar-refractivity contribution is 5.76. The number of aryl methyl sites for hydroxylation is 1. The molecule has 23 heavy (non-hydrogen) atoms. The lowest BCUT2D eigenvalue weighted by atomic mass is 10.2. The summed E-state index contributed by atoms with van der Waals surface area (Å²) in [6, 6.07) is 10.2. The third-order valence-electron chi connectivity index (χ3n) is 4.50. The zero-order chi connectivity index (χ0) is 16.4. The Bertz CT molecular complexity index is 685. The molecule has 5 heteroatoms. The van der Waals surface area contributed by atoms with Gasteiger partial charge in [-0.25, -0.2) is 4.68 Å². The molecule has 0 unspecified atom stereocenters. The van der Waals surface area contributed by atoms with Crippen molar-refractivity contribution in [3.8, 4) is 5.69 Å². The summed E-state index contributed by atoms with van der Waals surface area (Å²) < 4.78 is 2.01. The Balaban J connectivity index is 1.82. The van der Waals surface area contributed by atoms with Crippen LogP contribution in [0.15, 0.2) is 30.3 Å². The van der Waals surface area contributed by atoms with Crippen LogP contribution in [0.1, 0.15) is 24.7 Å². The van der Waals surface area contributed by atoms with E-state index in [1.807, 2.05) is 34.7 Å². The summed E-state index contributed by atoms with van der Waals surface area (Å²) in [5, 5.41) is 4.72. The van der Waals surface area contributed by atoms with E-state index < -0.39 is 0 Å². The first-order valence-corrected chi connectivity index (χ1v) is 8.26. The van der Waals surface area contributed by atoms with Gasteiger partial charge in [0.1, 0.15) is 0 Å². The number of benzene rings is 1. The molecule has 0 aliphatic carbocycles. The number of para-hydroxylation sites is 1. The van der Waals surface area contributed by atoms with E-state index in [1.165, 1.54) is 5.69 Å². The van der Waals surface area contributed by atoms with Crippen molar-refractivity contribution in [2.75, 3.05) is 31.1 Å². The molecule has 1 saturated heterocycles. The van der Waals surface area contributed by atoms with Gasteiger partial charge in [0.15, 0.2) is 0 Å². The Hall–Kier alpha value is -2.30. The van der Waals surface area contributed by atoms with Crippen LogP contribution in [0.4, 0.5) is 5.69 Å². The van der Waals surface area contributed by atoms with E-state index >= 15 is 0 Å². The number of hydrogen-bond acceptors (Lipinski definition) is 3. The van der Waals surface area contributed by atoms with Crippen molar-refractivity contribution in [3.63, 3.8) is 0 Å². The third-order valence-corrected chi connectivity index (χ3v) is 4.50. The summed E-state index contributed by atoms with van der Waals surface area (Å²) in [6.07, 6.45) is 0.587. The average Bonchev–Trinajstić information content (AvgIpc) is 2.89. The van der Waals surface area contributed by atoms with Crippen LogP contribution in [-0.2, 0) is 4.79 Å². The van der Waals surface area contributed by atoms with Gasteiger partial charge in [0.2, 0.25) is 5.91 Å². The maximum Gasteiger partial charge on any atom is 0.222 e. The molecule has 1 aromatic heterocycles. The van der Waals surface area contributed by atoms with E-state index in [0.717, 1.165) is 43.3 Å². The number of nitrogens with zero attached hydrogens (tertiary/aromatic N) is 4. The number of amides is 1. The minimum Gasteiger partial charge on any atom is -0.365 e. The molecule has 0 saturated carbocycles. The second-order valence-electron chi connectivity index (χ2n) is 5.99. The molecule has 2 aromatic rings. The molecule has 1 aliphatic heterocycles. The molecule has 0 spiro atoms. The molecule has 1 amide bonds. The molecule has 1 aromatic carbocycles. The zero-order valence-electron chi connectivity index (χ0n) is 14.1. The number of hydrogen-bond donors (Lipinski definition) is 0. The Morgan fingerprint density at radius 2 is 1.74 bits per heavy atom. The average molecular weight is 312 g/mol. The van der Waals surface area contributed by atoms with Gasteiger partial charge in [-0.3, -0.25) is 4.79 Å². The van der Waals surface area contributed by atoms with Gasteiger partial charge in [0.25, 0.3) is 0 Å². The second-order valence-corrected chi connectivity index (χ2v) is 5.99. The molecule has 2 heterocycles. The van der Waals surface area contributed by atoms with E-state index in [0.29, 0.717) is 6.42 Å². The molecule has 1 aliphatic rings. The van der Waals surface area contributed by atoms with Gasteiger partial charge in [-0.1, -0.05) is 25.1 Å². The lowest BCUT2D eigenvalue weighted by Crippen LogP contribution is -2.48. The smallest absolute Gasteiger partial charge is 0.222 e. The summed E-state index contributed by atoms with van der Waals surface area (Å²) in [5.41, 5.74) is 4.49. The highest BCUT2D eigenvalue weighted by atomic mass is 16.2. The van der Waals surface area contributed by atoms with Gasteiger partial charge in [0, 0.05) is 32.6 Å². The number of aromatic nitrogens is 2. The molecular formula is C18H24N4O. The standard InChI is InChI=1S/C18H24N4O/c1-4-17(23)20-10-12-21(13-11-20)18-14(2)19-22(15(18)3)16-8-6-5-7-9-16/h5-9H,4,10-13H2,1-3H3. The predicted octanol–water partition coefficient (Wildman–Crippen LogP) is 2.55. The molecule has 122 valence electrons. The van der Waals surface area contributed by atoms with Crippen LogP contribution in [-0.4, -0.2) is 46.8 Å². The molecule has 3 rings (SSSR count). The van der Waals surface area contributed by atoms with Crippen molar-refractivity contribution in [3.05, 3.63) is 41.7 Å². The van der Waals surface area contributed by atoms with Crippen LogP contribution in [0.2, 0.25) is 0 Å². The molecule has 0 atom stereocenters. The monoisotopic (exact) mass is 312 g/mol. The summed E-state index contributed by atoms with van der Waals surface area (Å²) in [4.78, 5) is 16.1. The van der Waals surface area contributed by atoms with Crippen molar-refractivity contribution < 1.29 is 4.79 Å². The maximum absolute atomic E-state index is 11.8. The van der Waals surface area contributed by atoms with Crippen molar-refractivity contribution in [2.45, 2.75) is 27.2 Å². The minimum atomic E-state index is 0.248. The lowest BCUT2D eigenvalue weighted by molar-refractivity contribution is -0.131. The SMILES string of the molecule is CCC(=O)N1CCN(c2c(C)nn(-c3ccccc3)c2C)CC1. The van der Waals surface area contributed by atoms with Gasteiger partial charge in [0.05, 0.1) is 22.8 Å². The normalized spacial score (nSPS) is 15.1. The first-order chi connectivity index (χ1) is 11.1. The van der Waals surface area contributed by atoms with Crippen LogP contribution >= 0.6 is 0 Å². The van der Waals surface area contributed by atoms with Gasteiger partial charge in [-0.15, -0.1) is 0 Å². The quantitative estimate of drug-likeness (QED) is 0.874. The van der Waals surface area contributed by atoms with E-state index in [2.05, 4.69) is 30.9 Å². The van der Waals surface area contributed by atoms with Crippen molar-refractivity contribution in [1.82, 2.24) is 14.7 Å². The largest absolute Gasteiger partial charge is 0.365 e. The van der Waals surface area contributed by atoms with E-state index in [-0.39, 0.29) is 5.91 Å². The number of carbonyl (C=O) groups is 1. The number of anilines is 1. The van der Waals surface area contributed by atoms with E-state index in [9.17, 15) is 4.79 Å². The van der Waals surface area contributed by atoms with Gasteiger partial charge < -0.3 is 9.80 Å². The molecule has 0 bridgehead atoms. The number of rotatable bonds is 3. The molecule has 0 N–H and O–H groups in total. The number of carbonyl (C=O) groups excluding carboxylic acids is 1. The van der Waals surface area contributed by atoms with Crippen LogP contribution in [0.25, 0.3) is 5.69 Å². The Morgan fingerprint density at radius 1 is 1.09 bits per heavy atom. The zero-order valence-corrected chi connectivity index (χ0v) is 14.1. The third kappa shape index (κ3) is 2.96. The Kier molecular flexibility index (Phi) is 4.37. The summed E-state index contributed by atoms with van der Waals surface area (Å²) in [7, 11) is 0. The lowest BCUT2D eigenvalue weighted by Gasteiger charge is -2.36. The second kappa shape index (κ2) is 6.44. The van der Waals surface area contributed by atoms with Crippen molar-refractivity contribution in [1.29, 1.82) is 0 Å². The molecule has 1 fully saturated rings. The highest BCUT2D eigenvalue weighted by Gasteiger charge is 2.24. The Morgan fingerprint density at radius 3 is 2.35 bits per heavy atom. The fourth-order valence-corrected chi connectivity index (χ4v) is 3.32. The fraction of sp³-hybridized carbons (Fsp3) is 0.444. The van der Waals surface area contributed by atoms with Crippen molar-refractivity contribution >= 4 is 11.6 Å². The number of piperazine rings is 1. The van der Waals surface area contributed by atoms with Crippen LogP contribution < -0.4 is 4.90 Å². The van der Waals surface area contributed by atoms with E-state index in [1.54, 1.807) is 0 Å². The van der Waals surface area contributed by atoms with Gasteiger partial charge in [-0.05, 0) is 26.0 Å². The summed E-state index contributed by atoms with van der Waals surface area (Å²) in [5.74, 6) is 0.248. The van der Waals surface area contributed by atoms with Crippen LogP contribution in [0, 0.1) is 13.8 Å². The maximum atomic E-state index is 11.8. The summed E-state index contributed by atoms with van der Waals surface area (Å²) >= 11 is 0. The van der Waals surface area contributed by atoms with Crippen LogP contribution in [0.3, 0.4) is 0 Å². The molecule has 0 radical (unpaired) electrons. The first-order valence-electron chi connectivity index (χ1n) is 8.26. The highest BCUT2D eigenvalue weighted by Crippen LogP contribution is 2.27. The predicted molar refractivity (Wildman–Crippen MR) is 92.1 cm³/mol. The molecular weight excluding hydrogens is 288 g/mol. The first kappa shape index (κ1) is 15.6. The Labute approximate surface area is 137 Å². The minimum absolute atomic E-state index is 0.248. The van der Waals surface area contributed by atoms with Crippen LogP contribution in [0.5, 0.6) is 0 Å². The van der Waals surface area contributed by atoms with Crippen molar-refractivity contribution in [2.24, 2.45) is 0 Å². The van der Waals surface area contributed by atoms with E-state index in [4.69, 9.17) is 5.10 Å².